The topological polar surface area (TPSA) is 73.1 Å². The lowest BCUT2D eigenvalue weighted by Crippen LogP contribution is -2.03. The molecular formula is C13H10N2O3. The van der Waals surface area contributed by atoms with Gasteiger partial charge in [0.25, 0.3) is 5.69 Å². The Labute approximate surface area is 103 Å². The second-order valence-electron chi connectivity index (χ2n) is 3.77. The van der Waals surface area contributed by atoms with Gasteiger partial charge in [0.2, 0.25) is 0 Å². The second kappa shape index (κ2) is 5.18. The lowest BCUT2D eigenvalue weighted by atomic mass is 10.0. The van der Waals surface area contributed by atoms with Crippen LogP contribution in [0.25, 0.3) is 0 Å². The first kappa shape index (κ1) is 11.9. The number of pyridine rings is 1. The quantitative estimate of drug-likeness (QED) is 0.469. The Bertz CT molecular complexity index is 565. The molecule has 5 heteroatoms. The van der Waals surface area contributed by atoms with E-state index in [4.69, 9.17) is 0 Å². The van der Waals surface area contributed by atoms with Crippen molar-refractivity contribution >= 4 is 11.5 Å². The molecule has 0 radical (unpaired) electrons. The Balaban J connectivity index is 2.10. The summed E-state index contributed by atoms with van der Waals surface area (Å²) in [5.74, 6) is -0.0584. The molecule has 0 aliphatic carbocycles. The molecule has 0 saturated heterocycles. The lowest BCUT2D eigenvalue weighted by Gasteiger charge is -2.00. The van der Waals surface area contributed by atoms with Crippen LogP contribution < -0.4 is 0 Å². The van der Waals surface area contributed by atoms with Crippen LogP contribution in [0.5, 0.6) is 0 Å². The summed E-state index contributed by atoms with van der Waals surface area (Å²) < 4.78 is 0. The summed E-state index contributed by atoms with van der Waals surface area (Å²) in [4.78, 5) is 25.8. The first-order valence-electron chi connectivity index (χ1n) is 5.33. The van der Waals surface area contributed by atoms with Gasteiger partial charge in [0.15, 0.2) is 5.78 Å². The van der Waals surface area contributed by atoms with Crippen LogP contribution >= 0.6 is 0 Å². The largest absolute Gasteiger partial charge is 0.294 e. The number of carbonyl (C=O) groups is 1. The van der Waals surface area contributed by atoms with E-state index in [0.29, 0.717) is 5.56 Å². The molecule has 5 nitrogen and oxygen atoms in total. The van der Waals surface area contributed by atoms with Crippen molar-refractivity contribution in [3.05, 3.63) is 70.0 Å². The number of nitro groups is 1. The maximum absolute atomic E-state index is 11.9. The number of carbonyl (C=O) groups excluding carboxylic acids is 1. The van der Waals surface area contributed by atoms with Gasteiger partial charge in [-0.2, -0.15) is 0 Å². The minimum atomic E-state index is -0.466. The summed E-state index contributed by atoms with van der Waals surface area (Å²) in [5.41, 5.74) is 1.30. The van der Waals surface area contributed by atoms with Crippen molar-refractivity contribution in [2.45, 2.75) is 6.42 Å². The van der Waals surface area contributed by atoms with Crippen molar-refractivity contribution in [3.63, 3.8) is 0 Å². The van der Waals surface area contributed by atoms with Gasteiger partial charge >= 0.3 is 0 Å². The molecule has 2 aromatic rings. The Morgan fingerprint density at radius 3 is 2.50 bits per heavy atom. The normalized spacial score (nSPS) is 10.0. The maximum atomic E-state index is 11.9. The number of hydrogen-bond acceptors (Lipinski definition) is 4. The Kier molecular flexibility index (Phi) is 3.43. The van der Waals surface area contributed by atoms with Gasteiger partial charge in [-0.3, -0.25) is 19.9 Å². The minimum absolute atomic E-state index is 0.0209. The van der Waals surface area contributed by atoms with E-state index in [1.807, 2.05) is 0 Å². The standard InChI is InChI=1S/C13H10N2O3/c16-13(11-2-1-7-14-9-11)8-10-3-5-12(6-4-10)15(17)18/h1-7,9H,8H2. The fraction of sp³-hybridized carbons (Fsp3) is 0.0769. The third kappa shape index (κ3) is 2.76. The first-order chi connectivity index (χ1) is 8.66. The zero-order valence-corrected chi connectivity index (χ0v) is 9.45. The molecule has 0 atom stereocenters. The van der Waals surface area contributed by atoms with Crippen LogP contribution in [0.4, 0.5) is 5.69 Å². The molecule has 18 heavy (non-hydrogen) atoms. The van der Waals surface area contributed by atoms with E-state index in [2.05, 4.69) is 4.98 Å². The third-order valence-corrected chi connectivity index (χ3v) is 2.50. The first-order valence-corrected chi connectivity index (χ1v) is 5.33. The van der Waals surface area contributed by atoms with Crippen molar-refractivity contribution in [3.8, 4) is 0 Å². The number of hydrogen-bond donors (Lipinski definition) is 0. The van der Waals surface area contributed by atoms with Gasteiger partial charge in [0.1, 0.15) is 0 Å². The monoisotopic (exact) mass is 242 g/mol. The Morgan fingerprint density at radius 1 is 1.22 bits per heavy atom. The SMILES string of the molecule is O=C(Cc1ccc([N+](=O)[O-])cc1)c1cccnc1. The highest BCUT2D eigenvalue weighted by molar-refractivity contribution is 5.97. The van der Waals surface area contributed by atoms with Crippen LogP contribution in [-0.4, -0.2) is 15.7 Å². The molecule has 2 rings (SSSR count). The fourth-order valence-corrected chi connectivity index (χ4v) is 1.55. The van der Waals surface area contributed by atoms with E-state index in [1.54, 1.807) is 30.5 Å². The van der Waals surface area contributed by atoms with E-state index < -0.39 is 4.92 Å². The Morgan fingerprint density at radius 2 is 1.94 bits per heavy atom. The molecule has 0 aliphatic heterocycles. The van der Waals surface area contributed by atoms with Crippen LogP contribution in [0.3, 0.4) is 0 Å². The summed E-state index contributed by atoms with van der Waals surface area (Å²) in [6, 6.07) is 9.36. The summed E-state index contributed by atoms with van der Waals surface area (Å²) in [7, 11) is 0. The molecule has 90 valence electrons. The van der Waals surface area contributed by atoms with Crippen molar-refractivity contribution < 1.29 is 9.72 Å². The molecule has 1 aromatic carbocycles. The van der Waals surface area contributed by atoms with E-state index in [9.17, 15) is 14.9 Å². The van der Waals surface area contributed by atoms with Crippen molar-refractivity contribution in [2.24, 2.45) is 0 Å². The maximum Gasteiger partial charge on any atom is 0.269 e. The predicted molar refractivity (Wildman–Crippen MR) is 65.4 cm³/mol. The van der Waals surface area contributed by atoms with E-state index in [-0.39, 0.29) is 17.9 Å². The highest BCUT2D eigenvalue weighted by atomic mass is 16.6. The van der Waals surface area contributed by atoms with Gasteiger partial charge in [0.05, 0.1) is 4.92 Å². The molecule has 0 amide bonds. The van der Waals surface area contributed by atoms with Gasteiger partial charge in [-0.25, -0.2) is 0 Å². The van der Waals surface area contributed by atoms with E-state index in [1.165, 1.54) is 18.3 Å². The molecule has 0 unspecified atom stereocenters. The van der Waals surface area contributed by atoms with E-state index in [0.717, 1.165) is 5.56 Å². The molecule has 0 bridgehead atoms. The number of rotatable bonds is 4. The van der Waals surface area contributed by atoms with Gasteiger partial charge < -0.3 is 0 Å². The molecule has 0 saturated carbocycles. The molecule has 0 aliphatic rings. The number of nitrogens with zero attached hydrogens (tertiary/aromatic N) is 2. The zero-order valence-electron chi connectivity index (χ0n) is 9.45. The predicted octanol–water partition coefficient (Wildman–Crippen LogP) is 2.42. The number of nitro benzene ring substituents is 1. The van der Waals surface area contributed by atoms with Crippen molar-refractivity contribution in [2.75, 3.05) is 0 Å². The highest BCUT2D eigenvalue weighted by Gasteiger charge is 2.09. The van der Waals surface area contributed by atoms with Crippen LogP contribution in [-0.2, 0) is 6.42 Å². The molecule has 1 aromatic heterocycles. The summed E-state index contributed by atoms with van der Waals surface area (Å²) in [6.45, 7) is 0. The minimum Gasteiger partial charge on any atom is -0.294 e. The van der Waals surface area contributed by atoms with Gasteiger partial charge in [-0.05, 0) is 17.7 Å². The highest BCUT2D eigenvalue weighted by Crippen LogP contribution is 2.13. The molecule has 1 heterocycles. The average Bonchev–Trinajstić information content (AvgIpc) is 2.40. The van der Waals surface area contributed by atoms with Crippen molar-refractivity contribution in [1.29, 1.82) is 0 Å². The van der Waals surface area contributed by atoms with Crippen LogP contribution in [0.15, 0.2) is 48.8 Å². The van der Waals surface area contributed by atoms with E-state index >= 15 is 0 Å². The van der Waals surface area contributed by atoms with Gasteiger partial charge in [0, 0.05) is 36.5 Å². The Hall–Kier alpha value is -2.56. The lowest BCUT2D eigenvalue weighted by molar-refractivity contribution is -0.384. The van der Waals surface area contributed by atoms with Gasteiger partial charge in [-0.15, -0.1) is 0 Å². The average molecular weight is 242 g/mol. The van der Waals surface area contributed by atoms with Crippen LogP contribution in [0, 0.1) is 10.1 Å². The number of aromatic nitrogens is 1. The van der Waals surface area contributed by atoms with Gasteiger partial charge in [-0.1, -0.05) is 12.1 Å². The van der Waals surface area contributed by atoms with Crippen LogP contribution in [0.1, 0.15) is 15.9 Å². The zero-order chi connectivity index (χ0) is 13.0. The fourth-order valence-electron chi connectivity index (χ4n) is 1.55. The summed E-state index contributed by atoms with van der Waals surface area (Å²) >= 11 is 0. The third-order valence-electron chi connectivity index (χ3n) is 2.50. The smallest absolute Gasteiger partial charge is 0.269 e. The number of ketones is 1. The second-order valence-corrected chi connectivity index (χ2v) is 3.77. The van der Waals surface area contributed by atoms with Crippen LogP contribution in [0.2, 0.25) is 0 Å². The van der Waals surface area contributed by atoms with Crippen molar-refractivity contribution in [1.82, 2.24) is 4.98 Å². The molecule has 0 fully saturated rings. The molecular weight excluding hydrogens is 232 g/mol. The number of Topliss-reactive ketones (excluding diaryl/α,β-unsaturated/α-hetero) is 1. The summed E-state index contributed by atoms with van der Waals surface area (Å²) in [6.07, 6.45) is 3.32. The number of non-ortho nitro benzene ring substituents is 1. The summed E-state index contributed by atoms with van der Waals surface area (Å²) in [5, 5.41) is 10.5. The molecule has 0 spiro atoms. The molecule has 0 N–H and O–H groups in total. The number of benzene rings is 1.